The molecule has 2 aromatic carbocycles. The number of nitrogen functional groups attached to an aromatic ring is 1. The van der Waals surface area contributed by atoms with E-state index in [1.165, 1.54) is 24.4 Å². The zero-order valence-electron chi connectivity index (χ0n) is 15.9. The molecule has 0 spiro atoms. The normalized spacial score (nSPS) is 11.7. The van der Waals surface area contributed by atoms with Gasteiger partial charge in [-0.05, 0) is 42.0 Å². The van der Waals surface area contributed by atoms with E-state index in [1.54, 1.807) is 12.5 Å². The lowest BCUT2D eigenvalue weighted by Crippen LogP contribution is -2.05. The highest BCUT2D eigenvalue weighted by Crippen LogP contribution is 2.28. The van der Waals surface area contributed by atoms with Gasteiger partial charge in [-0.2, -0.15) is 0 Å². The van der Waals surface area contributed by atoms with Gasteiger partial charge in [0.05, 0.1) is 5.56 Å². The number of halogens is 1. The van der Waals surface area contributed by atoms with Gasteiger partial charge in [0.25, 0.3) is 0 Å². The predicted molar refractivity (Wildman–Crippen MR) is 117 cm³/mol. The number of benzene rings is 2. The van der Waals surface area contributed by atoms with Crippen molar-refractivity contribution in [3.8, 4) is 11.1 Å². The Bertz CT molecular complexity index is 1270. The summed E-state index contributed by atoms with van der Waals surface area (Å²) < 4.78 is 28.4. The number of ketones is 1. The first-order valence-corrected chi connectivity index (χ1v) is 10.3. The first kappa shape index (κ1) is 21.2. The number of pyridine rings is 1. The van der Waals surface area contributed by atoms with Gasteiger partial charge in [0.15, 0.2) is 5.78 Å². The monoisotopic (exact) mass is 426 g/mol. The van der Waals surface area contributed by atoms with E-state index in [2.05, 4.69) is 14.7 Å². The van der Waals surface area contributed by atoms with Crippen LogP contribution in [-0.4, -0.2) is 31.7 Å². The summed E-state index contributed by atoms with van der Waals surface area (Å²) in [6, 6.07) is 13.1. The Morgan fingerprint density at radius 3 is 2.70 bits per heavy atom. The van der Waals surface area contributed by atoms with Crippen LogP contribution in [0.5, 0.6) is 0 Å². The minimum Gasteiger partial charge on any atom is -0.412 e. The number of nitrogens with one attached hydrogen (secondary N) is 2. The molecule has 6 N–H and O–H groups in total. The van der Waals surface area contributed by atoms with Crippen molar-refractivity contribution in [2.75, 3.05) is 16.7 Å². The Labute approximate surface area is 174 Å². The van der Waals surface area contributed by atoms with Crippen LogP contribution >= 0.6 is 0 Å². The van der Waals surface area contributed by atoms with Crippen LogP contribution in [0.1, 0.15) is 15.9 Å². The van der Waals surface area contributed by atoms with Crippen molar-refractivity contribution in [1.29, 1.82) is 0 Å². The number of aromatic amines is 1. The largest absolute Gasteiger partial charge is 0.412 e. The molecule has 1 unspecified atom stereocenters. The van der Waals surface area contributed by atoms with Gasteiger partial charge < -0.3 is 20.9 Å². The van der Waals surface area contributed by atoms with Crippen molar-refractivity contribution >= 4 is 39.2 Å². The summed E-state index contributed by atoms with van der Waals surface area (Å²) in [5, 5.41) is 0.576. The number of hydrogen-bond donors (Lipinski definition) is 3. The number of carbonyl (C=O) groups is 1. The Hall–Kier alpha value is -3.56. The van der Waals surface area contributed by atoms with Gasteiger partial charge in [-0.15, -0.1) is 0 Å². The summed E-state index contributed by atoms with van der Waals surface area (Å²) in [5.41, 5.74) is 9.07. The van der Waals surface area contributed by atoms with Crippen molar-refractivity contribution in [1.82, 2.24) is 9.97 Å². The molecule has 0 saturated heterocycles. The van der Waals surface area contributed by atoms with Crippen LogP contribution in [0, 0.1) is 5.82 Å². The van der Waals surface area contributed by atoms with Crippen molar-refractivity contribution in [2.24, 2.45) is 0 Å². The summed E-state index contributed by atoms with van der Waals surface area (Å²) in [5.74, 6) is -1.11. The van der Waals surface area contributed by atoms with Crippen molar-refractivity contribution in [3.63, 3.8) is 0 Å². The van der Waals surface area contributed by atoms with Crippen LogP contribution < -0.4 is 10.5 Å². The summed E-state index contributed by atoms with van der Waals surface area (Å²) in [6.07, 6.45) is 4.74. The molecule has 4 aromatic rings. The molecule has 2 aromatic heterocycles. The second-order valence-electron chi connectivity index (χ2n) is 6.53. The molecule has 0 fully saturated rings. The summed E-state index contributed by atoms with van der Waals surface area (Å²) in [4.78, 5) is 20.3. The third kappa shape index (κ3) is 4.07. The molecule has 0 amide bonds. The van der Waals surface area contributed by atoms with Gasteiger partial charge in [-0.3, -0.25) is 4.79 Å². The molecule has 154 valence electrons. The topological polar surface area (TPSA) is 132 Å². The van der Waals surface area contributed by atoms with E-state index in [4.69, 9.17) is 5.73 Å². The van der Waals surface area contributed by atoms with E-state index in [0.717, 1.165) is 11.1 Å². The third-order valence-electron chi connectivity index (χ3n) is 4.47. The highest BCUT2D eigenvalue weighted by atomic mass is 32.2. The highest BCUT2D eigenvalue weighted by molar-refractivity contribution is 7.85. The Kier molecular flexibility index (Phi) is 5.95. The number of carbonyl (C=O) groups excluding carboxylic acids is 1. The van der Waals surface area contributed by atoms with Gasteiger partial charge in [0.2, 0.25) is 0 Å². The molecule has 0 bridgehead atoms. The molecule has 1 atom stereocenters. The minimum atomic E-state index is -1.19. The first-order valence-electron chi connectivity index (χ1n) is 8.70. The quantitative estimate of drug-likeness (QED) is 0.334. The number of aromatic nitrogens is 2. The molecule has 30 heavy (non-hydrogen) atoms. The van der Waals surface area contributed by atoms with E-state index in [-0.39, 0.29) is 11.0 Å². The first-order chi connectivity index (χ1) is 13.9. The maximum Gasteiger partial charge on any atom is 0.198 e. The van der Waals surface area contributed by atoms with E-state index in [1.807, 2.05) is 30.3 Å². The molecular weight excluding hydrogens is 407 g/mol. The number of nitrogens with two attached hydrogens (primary N) is 1. The summed E-state index contributed by atoms with van der Waals surface area (Å²) in [7, 11) is -1.19. The Morgan fingerprint density at radius 1 is 1.13 bits per heavy atom. The van der Waals surface area contributed by atoms with Crippen LogP contribution in [0.4, 0.5) is 15.8 Å². The molecule has 2 heterocycles. The lowest BCUT2D eigenvalue weighted by molar-refractivity contribution is 0.103. The number of H-pyrrole nitrogens is 1. The molecule has 0 aliphatic carbocycles. The maximum atomic E-state index is 14.2. The minimum absolute atomic E-state index is 0. The number of nitrogens with zero attached hydrogens (tertiary/aromatic N) is 1. The molecule has 0 aliphatic heterocycles. The smallest absolute Gasteiger partial charge is 0.198 e. The molecule has 7 nitrogen and oxygen atoms in total. The molecule has 0 saturated carbocycles. The fourth-order valence-corrected chi connectivity index (χ4v) is 3.60. The fourth-order valence-electron chi connectivity index (χ4n) is 3.14. The van der Waals surface area contributed by atoms with Gasteiger partial charge in [-0.1, -0.05) is 12.1 Å². The Balaban J connectivity index is 0.00000256. The van der Waals surface area contributed by atoms with E-state index >= 15 is 0 Å². The second kappa shape index (κ2) is 8.44. The van der Waals surface area contributed by atoms with Crippen LogP contribution in [-0.2, 0) is 11.0 Å². The average molecular weight is 426 g/mol. The number of anilines is 2. The fraction of sp³-hybridized carbons (Fsp3) is 0.0476. The SMILES string of the molecule is CS(=O)Nc1cccc(-c2cnc3[nH]cc(C(=O)c4cc(N)ccc4F)c3c2)c1.O. The highest BCUT2D eigenvalue weighted by Gasteiger charge is 2.19. The molecule has 0 radical (unpaired) electrons. The molecule has 9 heteroatoms. The van der Waals surface area contributed by atoms with Gasteiger partial charge in [-0.25, -0.2) is 13.6 Å². The molecule has 4 rings (SSSR count). The second-order valence-corrected chi connectivity index (χ2v) is 7.64. The van der Waals surface area contributed by atoms with Gasteiger partial charge >= 0.3 is 0 Å². The molecular formula is C21H19FN4O3S. The zero-order valence-corrected chi connectivity index (χ0v) is 16.7. The zero-order chi connectivity index (χ0) is 20.5. The molecule has 0 aliphatic rings. The van der Waals surface area contributed by atoms with Crippen molar-refractivity contribution < 1.29 is 18.9 Å². The maximum absolute atomic E-state index is 14.2. The summed E-state index contributed by atoms with van der Waals surface area (Å²) in [6.45, 7) is 0. The van der Waals surface area contributed by atoms with Crippen molar-refractivity contribution in [2.45, 2.75) is 0 Å². The number of fused-ring (bicyclic) bond motifs is 1. The summed E-state index contributed by atoms with van der Waals surface area (Å²) >= 11 is 0. The van der Waals surface area contributed by atoms with Gasteiger partial charge in [0.1, 0.15) is 22.5 Å². The lowest BCUT2D eigenvalue weighted by atomic mass is 10.0. The van der Waals surface area contributed by atoms with E-state index in [9.17, 15) is 13.4 Å². The van der Waals surface area contributed by atoms with Crippen LogP contribution in [0.3, 0.4) is 0 Å². The third-order valence-corrected chi connectivity index (χ3v) is 4.99. The predicted octanol–water partition coefficient (Wildman–Crippen LogP) is 3.06. The number of hydrogen-bond acceptors (Lipinski definition) is 4. The van der Waals surface area contributed by atoms with Gasteiger partial charge in [0, 0.05) is 46.5 Å². The van der Waals surface area contributed by atoms with E-state index in [0.29, 0.717) is 28.0 Å². The Morgan fingerprint density at radius 2 is 1.93 bits per heavy atom. The van der Waals surface area contributed by atoms with Crippen molar-refractivity contribution in [3.05, 3.63) is 77.9 Å². The standard InChI is InChI=1S/C21H17FN4O2S.H2O/c1-29(28)26-15-4-2-3-12(7-15)13-8-16-18(11-25-21(16)24-10-13)20(27)17-9-14(23)5-6-19(17)22;/h2-11,26H,23H2,1H3,(H,24,25);1H2. The van der Waals surface area contributed by atoms with Crippen LogP contribution in [0.2, 0.25) is 0 Å². The van der Waals surface area contributed by atoms with Crippen LogP contribution in [0.25, 0.3) is 22.2 Å². The lowest BCUT2D eigenvalue weighted by Gasteiger charge is -2.07. The van der Waals surface area contributed by atoms with Crippen LogP contribution in [0.15, 0.2) is 60.9 Å². The average Bonchev–Trinajstić information content (AvgIpc) is 3.12. The number of rotatable bonds is 5. The van der Waals surface area contributed by atoms with E-state index < -0.39 is 22.6 Å².